The fraction of sp³-hybridized carbons (Fsp3) is 0.235. The molecule has 23 heavy (non-hydrogen) atoms. The van der Waals surface area contributed by atoms with E-state index in [-0.39, 0.29) is 10.8 Å². The molecule has 1 amide bonds. The number of para-hydroxylation sites is 1. The number of nitrogens with one attached hydrogen (secondary N) is 1. The second kappa shape index (κ2) is 6.93. The smallest absolute Gasteiger partial charge is 0.238 e. The van der Waals surface area contributed by atoms with Crippen LogP contribution >= 0.6 is 0 Å². The third kappa shape index (κ3) is 4.64. The van der Waals surface area contributed by atoms with Crippen molar-refractivity contribution in [2.45, 2.75) is 31.6 Å². The summed E-state index contributed by atoms with van der Waals surface area (Å²) in [4.78, 5) is 12.2. The first-order valence-corrected chi connectivity index (χ1v) is 8.80. The number of sulfonamides is 1. The summed E-state index contributed by atoms with van der Waals surface area (Å²) in [6.45, 7) is 3.91. The van der Waals surface area contributed by atoms with Crippen LogP contribution < -0.4 is 10.5 Å². The first kappa shape index (κ1) is 17.2. The molecule has 5 nitrogen and oxygen atoms in total. The molecule has 0 fully saturated rings. The zero-order chi connectivity index (χ0) is 17.0. The van der Waals surface area contributed by atoms with Crippen LogP contribution in [0, 0.1) is 13.8 Å². The van der Waals surface area contributed by atoms with E-state index in [4.69, 9.17) is 5.14 Å². The molecule has 0 saturated heterocycles. The van der Waals surface area contributed by atoms with Gasteiger partial charge < -0.3 is 5.32 Å². The lowest BCUT2D eigenvalue weighted by molar-refractivity contribution is -0.116. The fourth-order valence-corrected chi connectivity index (χ4v) is 2.83. The summed E-state index contributed by atoms with van der Waals surface area (Å²) < 4.78 is 22.4. The van der Waals surface area contributed by atoms with Gasteiger partial charge in [-0.2, -0.15) is 0 Å². The first-order valence-electron chi connectivity index (χ1n) is 7.25. The Morgan fingerprint density at radius 2 is 1.61 bits per heavy atom. The largest absolute Gasteiger partial charge is 0.326 e. The Kier molecular flexibility index (Phi) is 5.18. The number of carbonyl (C=O) groups is 1. The second-order valence-corrected chi connectivity index (χ2v) is 7.07. The van der Waals surface area contributed by atoms with Crippen molar-refractivity contribution >= 4 is 21.6 Å². The lowest BCUT2D eigenvalue weighted by Gasteiger charge is -2.11. The number of aryl methyl sites for hydroxylation is 3. The van der Waals surface area contributed by atoms with E-state index in [0.717, 1.165) is 22.4 Å². The van der Waals surface area contributed by atoms with Gasteiger partial charge in [0.2, 0.25) is 15.9 Å². The quantitative estimate of drug-likeness (QED) is 0.881. The van der Waals surface area contributed by atoms with Gasteiger partial charge in [-0.05, 0) is 49.1 Å². The van der Waals surface area contributed by atoms with Gasteiger partial charge in [-0.15, -0.1) is 0 Å². The molecule has 2 aromatic rings. The van der Waals surface area contributed by atoms with E-state index in [1.165, 1.54) is 12.1 Å². The Bertz CT molecular complexity index is 792. The summed E-state index contributed by atoms with van der Waals surface area (Å²) in [6.07, 6.45) is 0.851. The van der Waals surface area contributed by atoms with Crippen LogP contribution in [-0.4, -0.2) is 14.3 Å². The maximum absolute atomic E-state index is 12.1. The van der Waals surface area contributed by atoms with E-state index in [1.807, 2.05) is 32.0 Å². The van der Waals surface area contributed by atoms with E-state index in [2.05, 4.69) is 5.32 Å². The normalized spacial score (nSPS) is 11.3. The van der Waals surface area contributed by atoms with Crippen LogP contribution in [0.2, 0.25) is 0 Å². The molecule has 0 aliphatic carbocycles. The van der Waals surface area contributed by atoms with Gasteiger partial charge in [-0.25, -0.2) is 13.6 Å². The standard InChI is InChI=1S/C17H20N2O3S/c1-12-4-3-5-13(2)17(12)19-16(20)11-8-14-6-9-15(10-7-14)23(18,21)22/h3-7,9-10H,8,11H2,1-2H3,(H,19,20)(H2,18,21,22). The molecule has 122 valence electrons. The van der Waals surface area contributed by atoms with E-state index in [1.54, 1.807) is 12.1 Å². The van der Waals surface area contributed by atoms with Gasteiger partial charge in [-0.3, -0.25) is 4.79 Å². The molecule has 2 rings (SSSR count). The zero-order valence-electron chi connectivity index (χ0n) is 13.2. The molecule has 0 spiro atoms. The minimum atomic E-state index is -3.68. The van der Waals surface area contributed by atoms with Crippen LogP contribution in [0.3, 0.4) is 0 Å². The lowest BCUT2D eigenvalue weighted by Crippen LogP contribution is -2.14. The highest BCUT2D eigenvalue weighted by molar-refractivity contribution is 7.89. The molecular weight excluding hydrogens is 312 g/mol. The maximum Gasteiger partial charge on any atom is 0.238 e. The molecule has 0 aromatic heterocycles. The topological polar surface area (TPSA) is 89.3 Å². The summed E-state index contributed by atoms with van der Waals surface area (Å²) in [6, 6.07) is 12.1. The number of hydrogen-bond acceptors (Lipinski definition) is 3. The van der Waals surface area contributed by atoms with Crippen molar-refractivity contribution in [3.8, 4) is 0 Å². The number of hydrogen-bond donors (Lipinski definition) is 2. The summed E-state index contributed by atoms with van der Waals surface area (Å²) in [5, 5.41) is 7.98. The third-order valence-corrected chi connectivity index (χ3v) is 4.57. The van der Waals surface area contributed by atoms with Crippen LogP contribution in [0.15, 0.2) is 47.4 Å². The van der Waals surface area contributed by atoms with Crippen molar-refractivity contribution < 1.29 is 13.2 Å². The zero-order valence-corrected chi connectivity index (χ0v) is 14.0. The van der Waals surface area contributed by atoms with Crippen molar-refractivity contribution in [2.75, 3.05) is 5.32 Å². The van der Waals surface area contributed by atoms with Gasteiger partial charge in [0.1, 0.15) is 0 Å². The molecule has 0 atom stereocenters. The summed E-state index contributed by atoms with van der Waals surface area (Å²) in [5.74, 6) is -0.0714. The third-order valence-electron chi connectivity index (χ3n) is 3.64. The number of amides is 1. The molecule has 0 aliphatic rings. The molecule has 2 aromatic carbocycles. The fourth-order valence-electron chi connectivity index (χ4n) is 2.32. The summed E-state index contributed by atoms with van der Waals surface area (Å²) in [5.41, 5.74) is 3.78. The Morgan fingerprint density at radius 3 is 2.13 bits per heavy atom. The monoisotopic (exact) mass is 332 g/mol. The molecule has 0 saturated carbocycles. The molecule has 0 unspecified atom stereocenters. The summed E-state index contributed by atoms with van der Waals surface area (Å²) in [7, 11) is -3.68. The first-order chi connectivity index (χ1) is 10.8. The molecule has 0 aliphatic heterocycles. The Hall–Kier alpha value is -2.18. The Balaban J connectivity index is 1.97. The van der Waals surface area contributed by atoms with Gasteiger partial charge in [0, 0.05) is 12.1 Å². The predicted molar refractivity (Wildman–Crippen MR) is 90.7 cm³/mol. The van der Waals surface area contributed by atoms with Crippen LogP contribution in [0.4, 0.5) is 5.69 Å². The maximum atomic E-state index is 12.1. The van der Waals surface area contributed by atoms with E-state index < -0.39 is 10.0 Å². The summed E-state index contributed by atoms with van der Waals surface area (Å²) >= 11 is 0. The number of primary sulfonamides is 1. The molecule has 0 radical (unpaired) electrons. The molecule has 3 N–H and O–H groups in total. The molecule has 0 bridgehead atoms. The highest BCUT2D eigenvalue weighted by atomic mass is 32.2. The highest BCUT2D eigenvalue weighted by Crippen LogP contribution is 2.20. The van der Waals surface area contributed by atoms with Gasteiger partial charge >= 0.3 is 0 Å². The van der Waals surface area contributed by atoms with Crippen molar-refractivity contribution in [3.63, 3.8) is 0 Å². The van der Waals surface area contributed by atoms with E-state index in [0.29, 0.717) is 12.8 Å². The lowest BCUT2D eigenvalue weighted by atomic mass is 10.1. The highest BCUT2D eigenvalue weighted by Gasteiger charge is 2.09. The van der Waals surface area contributed by atoms with Gasteiger partial charge in [-0.1, -0.05) is 30.3 Å². The number of carbonyl (C=O) groups excluding carboxylic acids is 1. The van der Waals surface area contributed by atoms with E-state index in [9.17, 15) is 13.2 Å². The second-order valence-electron chi connectivity index (χ2n) is 5.50. The van der Waals surface area contributed by atoms with Crippen LogP contribution in [-0.2, 0) is 21.2 Å². The van der Waals surface area contributed by atoms with Crippen molar-refractivity contribution in [1.82, 2.24) is 0 Å². The Morgan fingerprint density at radius 1 is 1.04 bits per heavy atom. The van der Waals surface area contributed by atoms with Crippen molar-refractivity contribution in [1.29, 1.82) is 0 Å². The average Bonchev–Trinajstić information content (AvgIpc) is 2.48. The van der Waals surface area contributed by atoms with Gasteiger partial charge in [0.05, 0.1) is 4.90 Å². The van der Waals surface area contributed by atoms with Gasteiger partial charge in [0.15, 0.2) is 0 Å². The molecule has 6 heteroatoms. The van der Waals surface area contributed by atoms with E-state index >= 15 is 0 Å². The average molecular weight is 332 g/mol. The van der Waals surface area contributed by atoms with Gasteiger partial charge in [0.25, 0.3) is 0 Å². The molecule has 0 heterocycles. The van der Waals surface area contributed by atoms with Crippen LogP contribution in [0.25, 0.3) is 0 Å². The van der Waals surface area contributed by atoms with Crippen molar-refractivity contribution in [2.24, 2.45) is 5.14 Å². The predicted octanol–water partition coefficient (Wildman–Crippen LogP) is 2.52. The number of rotatable bonds is 5. The van der Waals surface area contributed by atoms with Crippen LogP contribution in [0.1, 0.15) is 23.1 Å². The molecular formula is C17H20N2O3S. The van der Waals surface area contributed by atoms with Crippen LogP contribution in [0.5, 0.6) is 0 Å². The Labute approximate surface area is 136 Å². The van der Waals surface area contributed by atoms with Crippen molar-refractivity contribution in [3.05, 3.63) is 59.2 Å². The number of benzene rings is 2. The number of nitrogens with two attached hydrogens (primary N) is 1. The number of anilines is 1. The minimum Gasteiger partial charge on any atom is -0.326 e. The SMILES string of the molecule is Cc1cccc(C)c1NC(=O)CCc1ccc(S(N)(=O)=O)cc1. The minimum absolute atomic E-state index is 0.0706.